The Labute approximate surface area is 222 Å². The van der Waals surface area contributed by atoms with E-state index in [4.69, 9.17) is 11.6 Å². The van der Waals surface area contributed by atoms with Gasteiger partial charge in [0.15, 0.2) is 0 Å². The van der Waals surface area contributed by atoms with Gasteiger partial charge in [-0.1, -0.05) is 90.5 Å². The van der Waals surface area contributed by atoms with Crippen molar-refractivity contribution < 1.29 is 0 Å². The van der Waals surface area contributed by atoms with Crippen LogP contribution >= 0.6 is 22.9 Å². The average molecular weight is 510 g/mol. The number of rotatable bonds is 2. The van der Waals surface area contributed by atoms with Gasteiger partial charge in [0.2, 0.25) is 0 Å². The minimum atomic E-state index is 0.817. The molecule has 2 heterocycles. The lowest BCUT2D eigenvalue weighted by atomic mass is 10.0. The van der Waals surface area contributed by atoms with Crippen LogP contribution in [0.2, 0.25) is 5.02 Å². The van der Waals surface area contributed by atoms with Gasteiger partial charge in [-0.3, -0.25) is 0 Å². The van der Waals surface area contributed by atoms with E-state index in [9.17, 15) is 0 Å². The summed E-state index contributed by atoms with van der Waals surface area (Å²) in [5.41, 5.74) is 6.04. The number of nitrogens with zero attached hydrogens (tertiary/aromatic N) is 1. The number of aromatic nitrogens is 1. The molecule has 0 spiro atoms. The van der Waals surface area contributed by atoms with E-state index in [1.165, 1.54) is 64.2 Å². The van der Waals surface area contributed by atoms with E-state index in [1.807, 2.05) is 12.1 Å². The Morgan fingerprint density at radius 1 is 0.514 bits per heavy atom. The quantitative estimate of drug-likeness (QED) is 0.218. The third kappa shape index (κ3) is 3.10. The van der Waals surface area contributed by atoms with Crippen molar-refractivity contribution in [2.75, 3.05) is 0 Å². The van der Waals surface area contributed by atoms with Gasteiger partial charge in [0.1, 0.15) is 0 Å². The summed E-state index contributed by atoms with van der Waals surface area (Å²) in [7, 11) is 0. The Kier molecular flexibility index (Phi) is 4.51. The number of thiophene rings is 1. The van der Waals surface area contributed by atoms with Crippen LogP contribution in [0.25, 0.3) is 69.6 Å². The molecular formula is C34H20ClNS. The summed E-state index contributed by atoms with van der Waals surface area (Å²) in [4.78, 5) is 0. The van der Waals surface area contributed by atoms with Gasteiger partial charge in [0.25, 0.3) is 0 Å². The molecule has 0 unspecified atom stereocenters. The van der Waals surface area contributed by atoms with Gasteiger partial charge in [-0.15, -0.1) is 11.3 Å². The van der Waals surface area contributed by atoms with Crippen molar-refractivity contribution in [2.45, 2.75) is 0 Å². The molecule has 0 atom stereocenters. The summed E-state index contributed by atoms with van der Waals surface area (Å²) in [6, 6.07) is 43.7. The molecule has 3 heteroatoms. The molecule has 8 aromatic rings. The van der Waals surface area contributed by atoms with E-state index in [1.54, 1.807) is 11.3 Å². The highest BCUT2D eigenvalue weighted by Crippen LogP contribution is 2.41. The molecule has 0 bridgehead atoms. The first kappa shape index (κ1) is 21.0. The average Bonchev–Trinajstić information content (AvgIpc) is 3.49. The van der Waals surface area contributed by atoms with Gasteiger partial charge in [0.05, 0.1) is 11.0 Å². The van der Waals surface area contributed by atoms with Crippen molar-refractivity contribution in [1.29, 1.82) is 0 Å². The van der Waals surface area contributed by atoms with Crippen molar-refractivity contribution in [2.24, 2.45) is 0 Å². The summed E-state index contributed by atoms with van der Waals surface area (Å²) in [5.74, 6) is 0. The van der Waals surface area contributed by atoms with Crippen LogP contribution in [0.4, 0.5) is 0 Å². The summed E-state index contributed by atoms with van der Waals surface area (Å²) in [6.45, 7) is 0. The van der Waals surface area contributed by atoms with Gasteiger partial charge in [-0.2, -0.15) is 0 Å². The number of fused-ring (bicyclic) bond motifs is 8. The molecule has 0 aliphatic heterocycles. The van der Waals surface area contributed by atoms with Crippen LogP contribution in [0.5, 0.6) is 0 Å². The van der Waals surface area contributed by atoms with Crippen molar-refractivity contribution in [3.8, 4) is 16.8 Å². The molecule has 6 aromatic carbocycles. The van der Waals surface area contributed by atoms with E-state index in [0.717, 1.165) is 10.4 Å². The van der Waals surface area contributed by atoms with Crippen LogP contribution in [0.3, 0.4) is 0 Å². The fourth-order valence-electron chi connectivity index (χ4n) is 5.78. The molecule has 0 N–H and O–H groups in total. The molecule has 0 aliphatic rings. The van der Waals surface area contributed by atoms with E-state index in [-0.39, 0.29) is 0 Å². The lowest BCUT2D eigenvalue weighted by molar-refractivity contribution is 1.18. The molecule has 0 radical (unpaired) electrons. The lowest BCUT2D eigenvalue weighted by Crippen LogP contribution is -1.93. The first-order valence-electron chi connectivity index (χ1n) is 12.4. The zero-order valence-corrected chi connectivity index (χ0v) is 21.4. The molecule has 8 rings (SSSR count). The number of halogens is 1. The van der Waals surface area contributed by atoms with Crippen molar-refractivity contribution in [3.63, 3.8) is 0 Å². The van der Waals surface area contributed by atoms with E-state index in [2.05, 4.69) is 114 Å². The van der Waals surface area contributed by atoms with E-state index >= 15 is 0 Å². The Bertz CT molecular complexity index is 2150. The van der Waals surface area contributed by atoms with Crippen molar-refractivity contribution >= 4 is 75.7 Å². The maximum Gasteiger partial charge on any atom is 0.0547 e. The standard InChI is InChI=1S/C34H20ClNS/c35-28-11-6-12-31-34(28)27-17-14-23(20-32(27)37-31)22-13-16-26-30(19-22)36(24-8-2-1-3-9-24)29-18-15-21-7-4-5-10-25(21)33(26)29/h1-20H. The van der Waals surface area contributed by atoms with Crippen LogP contribution in [0.15, 0.2) is 121 Å². The highest BCUT2D eigenvalue weighted by molar-refractivity contribution is 7.26. The summed E-state index contributed by atoms with van der Waals surface area (Å²) >= 11 is 8.36. The number of benzene rings is 6. The minimum Gasteiger partial charge on any atom is -0.309 e. The Hall–Kier alpha value is -4.11. The maximum atomic E-state index is 6.56. The lowest BCUT2D eigenvalue weighted by Gasteiger charge is -2.09. The van der Waals surface area contributed by atoms with E-state index < -0.39 is 0 Å². The normalized spacial score (nSPS) is 11.9. The largest absolute Gasteiger partial charge is 0.309 e. The second-order valence-electron chi connectivity index (χ2n) is 9.51. The van der Waals surface area contributed by atoms with Gasteiger partial charge in [-0.25, -0.2) is 0 Å². The molecule has 174 valence electrons. The van der Waals surface area contributed by atoms with Gasteiger partial charge in [-0.05, 0) is 64.4 Å². The molecule has 37 heavy (non-hydrogen) atoms. The zero-order chi connectivity index (χ0) is 24.5. The Morgan fingerprint density at radius 2 is 1.30 bits per heavy atom. The number of hydrogen-bond donors (Lipinski definition) is 0. The first-order valence-corrected chi connectivity index (χ1v) is 13.6. The fraction of sp³-hybridized carbons (Fsp3) is 0. The van der Waals surface area contributed by atoms with Crippen molar-refractivity contribution in [1.82, 2.24) is 4.57 Å². The topological polar surface area (TPSA) is 4.93 Å². The minimum absolute atomic E-state index is 0.817. The predicted octanol–water partition coefficient (Wildman–Crippen LogP) is 10.6. The molecule has 1 nitrogen and oxygen atoms in total. The third-order valence-corrected chi connectivity index (χ3v) is 8.88. The fourth-order valence-corrected chi connectivity index (χ4v) is 7.29. The Balaban J connectivity index is 1.42. The first-order chi connectivity index (χ1) is 18.3. The third-order valence-electron chi connectivity index (χ3n) is 7.45. The zero-order valence-electron chi connectivity index (χ0n) is 19.8. The smallest absolute Gasteiger partial charge is 0.0547 e. The SMILES string of the molecule is Clc1cccc2sc3cc(-c4ccc5c6c7ccccc7ccc6n(-c6ccccc6)c5c4)ccc3c12. The maximum absolute atomic E-state index is 6.56. The molecule has 0 saturated heterocycles. The van der Waals surface area contributed by atoms with Crippen LogP contribution in [0.1, 0.15) is 0 Å². The molecule has 2 aromatic heterocycles. The number of hydrogen-bond acceptors (Lipinski definition) is 1. The summed E-state index contributed by atoms with van der Waals surface area (Å²) in [5, 5.41) is 8.32. The molecule has 0 amide bonds. The summed E-state index contributed by atoms with van der Waals surface area (Å²) in [6.07, 6.45) is 0. The highest BCUT2D eigenvalue weighted by atomic mass is 35.5. The highest BCUT2D eigenvalue weighted by Gasteiger charge is 2.16. The van der Waals surface area contributed by atoms with Crippen LogP contribution in [0, 0.1) is 0 Å². The number of para-hydroxylation sites is 1. The molecular weight excluding hydrogens is 490 g/mol. The van der Waals surface area contributed by atoms with Crippen LogP contribution < -0.4 is 0 Å². The molecule has 0 aliphatic carbocycles. The van der Waals surface area contributed by atoms with E-state index in [0.29, 0.717) is 0 Å². The monoisotopic (exact) mass is 509 g/mol. The predicted molar refractivity (Wildman–Crippen MR) is 162 cm³/mol. The van der Waals surface area contributed by atoms with Crippen LogP contribution in [-0.4, -0.2) is 4.57 Å². The van der Waals surface area contributed by atoms with Gasteiger partial charge in [0, 0.05) is 41.7 Å². The summed E-state index contributed by atoms with van der Waals surface area (Å²) < 4.78 is 4.89. The van der Waals surface area contributed by atoms with Crippen molar-refractivity contribution in [3.05, 3.63) is 126 Å². The molecule has 0 fully saturated rings. The molecule has 0 saturated carbocycles. The second-order valence-corrected chi connectivity index (χ2v) is 11.0. The second kappa shape index (κ2) is 7.94. The Morgan fingerprint density at radius 3 is 2.19 bits per heavy atom. The van der Waals surface area contributed by atoms with Gasteiger partial charge < -0.3 is 4.57 Å². The van der Waals surface area contributed by atoms with Gasteiger partial charge >= 0.3 is 0 Å². The van der Waals surface area contributed by atoms with Crippen LogP contribution in [-0.2, 0) is 0 Å².